The highest BCUT2D eigenvalue weighted by molar-refractivity contribution is 7.92. The van der Waals surface area contributed by atoms with E-state index in [-0.39, 0.29) is 29.1 Å². The Morgan fingerprint density at radius 1 is 0.857 bits per heavy atom. The van der Waals surface area contributed by atoms with Gasteiger partial charge in [-0.15, -0.1) is 0 Å². The van der Waals surface area contributed by atoms with Gasteiger partial charge < -0.3 is 15.0 Å². The molecule has 0 fully saturated rings. The fourth-order valence-electron chi connectivity index (χ4n) is 4.54. The van der Waals surface area contributed by atoms with Gasteiger partial charge in [0.15, 0.2) is 0 Å². The van der Waals surface area contributed by atoms with Crippen molar-refractivity contribution < 1.29 is 22.7 Å². The van der Waals surface area contributed by atoms with Crippen molar-refractivity contribution in [2.75, 3.05) is 17.5 Å². The minimum absolute atomic E-state index is 0.0545. The zero-order chi connectivity index (χ0) is 30.9. The van der Waals surface area contributed by atoms with Crippen molar-refractivity contribution in [3.63, 3.8) is 0 Å². The fourth-order valence-corrected chi connectivity index (χ4v) is 5.97. The number of hydrogen-bond donors (Lipinski definition) is 1. The summed E-state index contributed by atoms with van der Waals surface area (Å²) in [6, 6.07) is 20.1. The second-order valence-electron chi connectivity index (χ2n) is 10.5. The normalized spacial score (nSPS) is 12.7. The maximum atomic E-state index is 14.3. The molecule has 2 amide bonds. The van der Waals surface area contributed by atoms with Gasteiger partial charge in [0, 0.05) is 12.6 Å². The molecule has 3 aromatic carbocycles. The molecule has 0 aromatic heterocycles. The van der Waals surface area contributed by atoms with Crippen LogP contribution in [0.4, 0.5) is 5.69 Å². The van der Waals surface area contributed by atoms with E-state index in [1.807, 2.05) is 65.8 Å². The largest absolute Gasteiger partial charge is 0.492 e. The molecule has 3 aromatic rings. The molecule has 0 bridgehead atoms. The molecular weight excluding hydrogens is 550 g/mol. The van der Waals surface area contributed by atoms with E-state index in [1.54, 1.807) is 36.4 Å². The van der Waals surface area contributed by atoms with Crippen molar-refractivity contribution in [2.45, 2.75) is 77.9 Å². The van der Waals surface area contributed by atoms with Crippen LogP contribution in [-0.2, 0) is 26.2 Å². The summed E-state index contributed by atoms with van der Waals surface area (Å²) >= 11 is 0. The Kier molecular flexibility index (Phi) is 11.6. The maximum absolute atomic E-state index is 14.3. The Balaban J connectivity index is 2.10. The van der Waals surface area contributed by atoms with Crippen molar-refractivity contribution in [2.24, 2.45) is 0 Å². The van der Waals surface area contributed by atoms with Crippen LogP contribution in [0.3, 0.4) is 0 Å². The lowest BCUT2D eigenvalue weighted by molar-refractivity contribution is -0.140. The third-order valence-corrected chi connectivity index (χ3v) is 8.96. The second-order valence-corrected chi connectivity index (χ2v) is 12.3. The number of para-hydroxylation sites is 2. The van der Waals surface area contributed by atoms with Crippen LogP contribution in [0.2, 0.25) is 0 Å². The van der Waals surface area contributed by atoms with Crippen molar-refractivity contribution in [3.05, 3.63) is 89.5 Å². The number of hydrogen-bond acceptors (Lipinski definition) is 5. The van der Waals surface area contributed by atoms with Gasteiger partial charge >= 0.3 is 0 Å². The Bertz CT molecular complexity index is 1440. The van der Waals surface area contributed by atoms with Crippen molar-refractivity contribution in [3.8, 4) is 5.75 Å². The molecule has 0 aliphatic carbocycles. The average molecular weight is 594 g/mol. The van der Waals surface area contributed by atoms with Gasteiger partial charge in [0.05, 0.1) is 17.2 Å². The monoisotopic (exact) mass is 593 g/mol. The number of carbonyl (C=O) groups excluding carboxylic acids is 2. The molecule has 9 heteroatoms. The highest BCUT2D eigenvalue weighted by Crippen LogP contribution is 2.33. The molecule has 0 spiro atoms. The summed E-state index contributed by atoms with van der Waals surface area (Å²) < 4.78 is 35.1. The molecule has 0 unspecified atom stereocenters. The molecule has 226 valence electrons. The molecule has 1 N–H and O–H groups in total. The molecule has 42 heavy (non-hydrogen) atoms. The first-order valence-electron chi connectivity index (χ1n) is 14.5. The molecule has 0 aliphatic heterocycles. The van der Waals surface area contributed by atoms with Gasteiger partial charge in [-0.2, -0.15) is 0 Å². The molecule has 0 saturated carbocycles. The van der Waals surface area contributed by atoms with E-state index in [0.717, 1.165) is 27.4 Å². The smallest absolute Gasteiger partial charge is 0.264 e. The van der Waals surface area contributed by atoms with Crippen molar-refractivity contribution in [1.82, 2.24) is 10.2 Å². The van der Waals surface area contributed by atoms with Crippen LogP contribution >= 0.6 is 0 Å². The Morgan fingerprint density at radius 2 is 1.45 bits per heavy atom. The van der Waals surface area contributed by atoms with E-state index in [4.69, 9.17) is 4.74 Å². The number of amides is 2. The van der Waals surface area contributed by atoms with E-state index in [2.05, 4.69) is 5.32 Å². The number of ether oxygens (including phenoxy) is 1. The standard InChI is InChI=1S/C33H43N3O5S/c1-7-26(6)34-33(38)29(8-2)35(22-27-18-14-24(4)15-19-27)32(37)23-36(30-12-10-11-13-31(30)41-9-3)42(39,40)28-20-16-25(5)17-21-28/h10-21,26,29H,7-9,22-23H2,1-6H3,(H,34,38)/t26-,29+/m0/s1. The van der Waals surface area contributed by atoms with E-state index >= 15 is 0 Å². The van der Waals surface area contributed by atoms with Gasteiger partial charge in [-0.25, -0.2) is 8.42 Å². The number of nitrogens with zero attached hydrogens (tertiary/aromatic N) is 2. The highest BCUT2D eigenvalue weighted by atomic mass is 32.2. The molecule has 3 rings (SSSR count). The van der Waals surface area contributed by atoms with Crippen molar-refractivity contribution >= 4 is 27.5 Å². The first kappa shape index (κ1) is 32.7. The molecule has 0 heterocycles. The van der Waals surface area contributed by atoms with Gasteiger partial charge in [-0.05, 0) is 70.4 Å². The van der Waals surface area contributed by atoms with Crippen LogP contribution in [-0.4, -0.2) is 50.4 Å². The quantitative estimate of drug-likeness (QED) is 0.262. The average Bonchev–Trinajstić information content (AvgIpc) is 2.97. The highest BCUT2D eigenvalue weighted by Gasteiger charge is 2.35. The van der Waals surface area contributed by atoms with Crippen LogP contribution in [0.15, 0.2) is 77.7 Å². The third-order valence-electron chi connectivity index (χ3n) is 7.18. The van der Waals surface area contributed by atoms with Crippen LogP contribution < -0.4 is 14.4 Å². The third kappa shape index (κ3) is 8.12. The summed E-state index contributed by atoms with van der Waals surface area (Å²) in [6.07, 6.45) is 1.10. The van der Waals surface area contributed by atoms with E-state index in [0.29, 0.717) is 18.8 Å². The first-order chi connectivity index (χ1) is 20.0. The molecule has 0 aliphatic rings. The second kappa shape index (κ2) is 14.9. The van der Waals surface area contributed by atoms with Crippen LogP contribution in [0.5, 0.6) is 5.75 Å². The maximum Gasteiger partial charge on any atom is 0.264 e. The summed E-state index contributed by atoms with van der Waals surface area (Å²) in [7, 11) is -4.19. The lowest BCUT2D eigenvalue weighted by atomic mass is 10.1. The number of aryl methyl sites for hydroxylation is 2. The molecule has 2 atom stereocenters. The summed E-state index contributed by atoms with van der Waals surface area (Å²) in [5.41, 5.74) is 3.07. The van der Waals surface area contributed by atoms with E-state index in [1.165, 1.54) is 17.0 Å². The molecular formula is C33H43N3O5S. The lowest BCUT2D eigenvalue weighted by Gasteiger charge is -2.34. The number of sulfonamides is 1. The number of rotatable bonds is 14. The van der Waals surface area contributed by atoms with E-state index < -0.39 is 28.5 Å². The van der Waals surface area contributed by atoms with Crippen molar-refractivity contribution in [1.29, 1.82) is 0 Å². The predicted octanol–water partition coefficient (Wildman–Crippen LogP) is 5.62. The summed E-state index contributed by atoms with van der Waals surface area (Å²) in [5, 5.41) is 3.00. The number of carbonyl (C=O) groups is 2. The van der Waals surface area contributed by atoms with Crippen LogP contribution in [0, 0.1) is 13.8 Å². The minimum Gasteiger partial charge on any atom is -0.492 e. The summed E-state index contributed by atoms with van der Waals surface area (Å²) in [6.45, 7) is 11.4. The first-order valence-corrected chi connectivity index (χ1v) is 15.9. The summed E-state index contributed by atoms with van der Waals surface area (Å²) in [5.74, 6) is -0.422. The predicted molar refractivity (Wildman–Crippen MR) is 167 cm³/mol. The summed E-state index contributed by atoms with van der Waals surface area (Å²) in [4.78, 5) is 29.2. The number of nitrogens with one attached hydrogen (secondary N) is 1. The molecule has 0 radical (unpaired) electrons. The van der Waals surface area contributed by atoms with Crippen LogP contribution in [0.1, 0.15) is 57.2 Å². The topological polar surface area (TPSA) is 96.0 Å². The van der Waals surface area contributed by atoms with Gasteiger partial charge in [0.2, 0.25) is 11.8 Å². The van der Waals surface area contributed by atoms with Gasteiger partial charge in [0.1, 0.15) is 18.3 Å². The fraction of sp³-hybridized carbons (Fsp3) is 0.394. The molecule has 8 nitrogen and oxygen atoms in total. The minimum atomic E-state index is -4.19. The number of benzene rings is 3. The van der Waals surface area contributed by atoms with Gasteiger partial charge in [0.25, 0.3) is 10.0 Å². The Hall–Kier alpha value is -3.85. The zero-order valence-corrected chi connectivity index (χ0v) is 26.3. The Morgan fingerprint density at radius 3 is 2.02 bits per heavy atom. The molecule has 0 saturated heterocycles. The zero-order valence-electron chi connectivity index (χ0n) is 25.5. The SMILES string of the molecule is CCOc1ccccc1N(CC(=O)N(Cc1ccc(C)cc1)[C@H](CC)C(=O)N[C@@H](C)CC)S(=O)(=O)c1ccc(C)cc1. The Labute approximate surface area is 250 Å². The van der Waals surface area contributed by atoms with E-state index in [9.17, 15) is 18.0 Å². The lowest BCUT2D eigenvalue weighted by Crippen LogP contribution is -2.53. The number of anilines is 1. The van der Waals surface area contributed by atoms with Gasteiger partial charge in [-0.3, -0.25) is 13.9 Å². The van der Waals surface area contributed by atoms with Crippen LogP contribution in [0.25, 0.3) is 0 Å². The van der Waals surface area contributed by atoms with Gasteiger partial charge in [-0.1, -0.05) is 73.5 Å².